The van der Waals surface area contributed by atoms with Gasteiger partial charge < -0.3 is 10.5 Å². The standard InChI is InChI=1S/C12H7FN5O2/c13-6-1-3-7(4-2-6)20-12-16-9(10(14)19)8-5-15-18-11(8)17-12/h1-4H,(H2,14,19)(H,15,16,17,18). The van der Waals surface area contributed by atoms with Crippen molar-refractivity contribution in [2.75, 3.05) is 0 Å². The molecule has 0 fully saturated rings. The summed E-state index contributed by atoms with van der Waals surface area (Å²) < 4.78 is 18.1. The van der Waals surface area contributed by atoms with E-state index in [1.807, 2.05) is 0 Å². The predicted molar refractivity (Wildman–Crippen MR) is 65.5 cm³/mol. The van der Waals surface area contributed by atoms with Gasteiger partial charge in [-0.1, -0.05) is 0 Å². The fraction of sp³-hybridized carbons (Fsp3) is 0. The van der Waals surface area contributed by atoms with Gasteiger partial charge in [0.05, 0.1) is 5.39 Å². The van der Waals surface area contributed by atoms with E-state index in [2.05, 4.69) is 26.4 Å². The summed E-state index contributed by atoms with van der Waals surface area (Å²) in [6, 6.07) is 5.17. The molecule has 99 valence electrons. The minimum Gasteiger partial charge on any atom is -0.424 e. The predicted octanol–water partition coefficient (Wildman–Crippen LogP) is 1.18. The molecule has 20 heavy (non-hydrogen) atoms. The number of benzene rings is 1. The van der Waals surface area contributed by atoms with Crippen LogP contribution in [0.15, 0.2) is 24.3 Å². The first-order valence-corrected chi connectivity index (χ1v) is 5.50. The highest BCUT2D eigenvalue weighted by atomic mass is 19.1. The van der Waals surface area contributed by atoms with Crippen LogP contribution in [0.3, 0.4) is 0 Å². The molecule has 0 bridgehead atoms. The first-order chi connectivity index (χ1) is 9.63. The molecular formula is C12H7FN5O2. The number of ether oxygens (including phenoxy) is 1. The van der Waals surface area contributed by atoms with Crippen LogP contribution in [0, 0.1) is 12.0 Å². The number of halogens is 1. The van der Waals surface area contributed by atoms with E-state index in [4.69, 9.17) is 10.5 Å². The van der Waals surface area contributed by atoms with Crippen LogP contribution < -0.4 is 10.5 Å². The molecule has 3 rings (SSSR count). The van der Waals surface area contributed by atoms with Crippen molar-refractivity contribution < 1.29 is 13.9 Å². The summed E-state index contributed by atoms with van der Waals surface area (Å²) in [6.07, 6.45) is 2.53. The van der Waals surface area contributed by atoms with E-state index in [1.54, 1.807) is 0 Å². The zero-order valence-corrected chi connectivity index (χ0v) is 9.92. The Morgan fingerprint density at radius 2 is 2.05 bits per heavy atom. The van der Waals surface area contributed by atoms with Crippen molar-refractivity contribution in [3.05, 3.63) is 42.0 Å². The van der Waals surface area contributed by atoms with Gasteiger partial charge in [-0.15, -0.1) is 0 Å². The van der Waals surface area contributed by atoms with Crippen molar-refractivity contribution in [3.8, 4) is 11.8 Å². The van der Waals surface area contributed by atoms with Crippen molar-refractivity contribution in [3.63, 3.8) is 0 Å². The summed E-state index contributed by atoms with van der Waals surface area (Å²) in [5.41, 5.74) is 5.44. The van der Waals surface area contributed by atoms with Crippen LogP contribution >= 0.6 is 0 Å². The van der Waals surface area contributed by atoms with Crippen LogP contribution in [-0.4, -0.2) is 26.1 Å². The molecule has 0 atom stereocenters. The van der Waals surface area contributed by atoms with Crippen LogP contribution in [0.1, 0.15) is 10.5 Å². The van der Waals surface area contributed by atoms with Crippen molar-refractivity contribution in [1.82, 2.24) is 20.2 Å². The fourth-order valence-electron chi connectivity index (χ4n) is 1.60. The summed E-state index contributed by atoms with van der Waals surface area (Å²) in [7, 11) is 0. The Bertz CT molecular complexity index is 784. The molecule has 2 heterocycles. The molecule has 2 aromatic heterocycles. The number of hydrogen-bond donors (Lipinski definition) is 2. The van der Waals surface area contributed by atoms with E-state index in [0.717, 1.165) is 0 Å². The van der Waals surface area contributed by atoms with Crippen LogP contribution in [0.2, 0.25) is 0 Å². The Morgan fingerprint density at radius 1 is 1.30 bits per heavy atom. The molecule has 0 aliphatic rings. The van der Waals surface area contributed by atoms with E-state index in [1.165, 1.54) is 24.3 Å². The number of hydrogen-bond acceptors (Lipinski definition) is 5. The minimum absolute atomic E-state index is 0.0548. The van der Waals surface area contributed by atoms with E-state index >= 15 is 0 Å². The smallest absolute Gasteiger partial charge is 0.324 e. The molecule has 3 aromatic rings. The van der Waals surface area contributed by atoms with E-state index in [9.17, 15) is 9.18 Å². The minimum atomic E-state index is -0.751. The van der Waals surface area contributed by atoms with Crippen molar-refractivity contribution in [2.45, 2.75) is 0 Å². The number of nitrogens with zero attached hydrogens (tertiary/aromatic N) is 3. The Balaban J connectivity index is 2.03. The van der Waals surface area contributed by atoms with Gasteiger partial charge >= 0.3 is 6.01 Å². The van der Waals surface area contributed by atoms with Gasteiger partial charge in [-0.3, -0.25) is 9.89 Å². The van der Waals surface area contributed by atoms with Crippen molar-refractivity contribution in [2.24, 2.45) is 5.73 Å². The molecule has 0 unspecified atom stereocenters. The highest BCUT2D eigenvalue weighted by molar-refractivity contribution is 6.02. The third-order valence-corrected chi connectivity index (χ3v) is 2.47. The van der Waals surface area contributed by atoms with Crippen molar-refractivity contribution >= 4 is 16.9 Å². The summed E-state index contributed by atoms with van der Waals surface area (Å²) in [4.78, 5) is 19.2. The number of H-pyrrole nitrogens is 1. The Morgan fingerprint density at radius 3 is 2.75 bits per heavy atom. The molecule has 0 aliphatic heterocycles. The molecule has 1 radical (unpaired) electrons. The average molecular weight is 272 g/mol. The third-order valence-electron chi connectivity index (χ3n) is 2.47. The van der Waals surface area contributed by atoms with Gasteiger partial charge in [-0.25, -0.2) is 4.39 Å². The topological polar surface area (TPSA) is 107 Å². The van der Waals surface area contributed by atoms with Crippen LogP contribution in [0.5, 0.6) is 11.8 Å². The number of nitrogens with two attached hydrogens (primary N) is 1. The maximum absolute atomic E-state index is 12.8. The van der Waals surface area contributed by atoms with Crippen molar-refractivity contribution in [1.29, 1.82) is 0 Å². The fourth-order valence-corrected chi connectivity index (χ4v) is 1.60. The Kier molecular flexibility index (Phi) is 2.75. The average Bonchev–Trinajstić information content (AvgIpc) is 2.88. The number of amides is 1. The normalized spacial score (nSPS) is 10.7. The number of fused-ring (bicyclic) bond motifs is 1. The highest BCUT2D eigenvalue weighted by Crippen LogP contribution is 2.21. The largest absolute Gasteiger partial charge is 0.424 e. The van der Waals surface area contributed by atoms with E-state index in [-0.39, 0.29) is 22.7 Å². The lowest BCUT2D eigenvalue weighted by atomic mass is 10.3. The number of primary amides is 1. The molecule has 7 nitrogen and oxygen atoms in total. The molecule has 0 saturated carbocycles. The zero-order valence-electron chi connectivity index (χ0n) is 9.92. The first kappa shape index (κ1) is 12.0. The van der Waals surface area contributed by atoms with Gasteiger partial charge in [0.1, 0.15) is 23.5 Å². The lowest BCUT2D eigenvalue weighted by Crippen LogP contribution is -2.14. The molecule has 0 spiro atoms. The maximum atomic E-state index is 12.8. The number of carbonyl (C=O) groups is 1. The second kappa shape index (κ2) is 4.57. The van der Waals surface area contributed by atoms with Gasteiger partial charge in [-0.2, -0.15) is 15.1 Å². The third kappa shape index (κ3) is 2.14. The lowest BCUT2D eigenvalue weighted by Gasteiger charge is -2.05. The van der Waals surface area contributed by atoms with Gasteiger partial charge in [0.2, 0.25) is 0 Å². The number of aromatic nitrogens is 4. The van der Waals surface area contributed by atoms with Gasteiger partial charge in [0.25, 0.3) is 5.91 Å². The quantitative estimate of drug-likeness (QED) is 0.744. The van der Waals surface area contributed by atoms with Crippen LogP contribution in [0.4, 0.5) is 4.39 Å². The molecule has 8 heteroatoms. The summed E-state index contributed by atoms with van der Waals surface area (Å²) in [5, 5.41) is 6.47. The molecular weight excluding hydrogens is 265 g/mol. The van der Waals surface area contributed by atoms with E-state index in [0.29, 0.717) is 5.75 Å². The Labute approximate surface area is 111 Å². The Hall–Kier alpha value is -3.03. The molecule has 1 aromatic carbocycles. The van der Waals surface area contributed by atoms with Gasteiger partial charge in [-0.05, 0) is 24.3 Å². The summed E-state index contributed by atoms with van der Waals surface area (Å²) in [5.74, 6) is -0.821. The number of rotatable bonds is 3. The van der Waals surface area contributed by atoms with Gasteiger partial charge in [0, 0.05) is 0 Å². The molecule has 1 amide bonds. The van der Waals surface area contributed by atoms with Crippen LogP contribution in [-0.2, 0) is 0 Å². The first-order valence-electron chi connectivity index (χ1n) is 5.50. The highest BCUT2D eigenvalue weighted by Gasteiger charge is 2.15. The summed E-state index contributed by atoms with van der Waals surface area (Å²) in [6.45, 7) is 0. The molecule has 0 aliphatic carbocycles. The summed E-state index contributed by atoms with van der Waals surface area (Å²) >= 11 is 0. The number of carbonyl (C=O) groups excluding carboxylic acids is 1. The van der Waals surface area contributed by atoms with Crippen LogP contribution in [0.25, 0.3) is 11.0 Å². The second-order valence-electron chi connectivity index (χ2n) is 3.83. The molecule has 3 N–H and O–H groups in total. The van der Waals surface area contributed by atoms with Gasteiger partial charge in [0.15, 0.2) is 5.65 Å². The number of aromatic amines is 1. The lowest BCUT2D eigenvalue weighted by molar-refractivity contribution is 0.0996. The maximum Gasteiger partial charge on any atom is 0.324 e. The monoisotopic (exact) mass is 272 g/mol. The number of nitrogens with one attached hydrogen (secondary N) is 1. The second-order valence-corrected chi connectivity index (χ2v) is 3.83. The van der Waals surface area contributed by atoms with E-state index < -0.39 is 11.7 Å². The zero-order chi connectivity index (χ0) is 14.1. The SMILES string of the molecule is NC(=O)c1nc(Oc2ccc(F)cc2)nc2[nH]n[c]c12. The molecule has 0 saturated heterocycles.